The van der Waals surface area contributed by atoms with Crippen LogP contribution in [0.25, 0.3) is 0 Å². The SMILES string of the molecule is CC1CCN(C(=O)C2CCC(C(F)(F)F)CC2)CC1Br. The summed E-state index contributed by atoms with van der Waals surface area (Å²) in [7, 11) is 0. The Labute approximate surface area is 126 Å². The topological polar surface area (TPSA) is 20.3 Å². The smallest absolute Gasteiger partial charge is 0.341 e. The fraction of sp³-hybridized carbons (Fsp3) is 0.929. The third-order valence-electron chi connectivity index (χ3n) is 4.72. The van der Waals surface area contributed by atoms with Crippen LogP contribution in [0.5, 0.6) is 0 Å². The van der Waals surface area contributed by atoms with Gasteiger partial charge in [-0.1, -0.05) is 22.9 Å². The average molecular weight is 356 g/mol. The second-order valence-corrected chi connectivity index (χ2v) is 7.33. The highest BCUT2D eigenvalue weighted by Gasteiger charge is 2.43. The molecule has 1 aliphatic heterocycles. The van der Waals surface area contributed by atoms with E-state index in [0.29, 0.717) is 30.1 Å². The Bertz CT molecular complexity index is 353. The molecule has 2 atom stereocenters. The fourth-order valence-corrected chi connectivity index (χ4v) is 3.76. The van der Waals surface area contributed by atoms with E-state index in [0.717, 1.165) is 13.0 Å². The maximum Gasteiger partial charge on any atom is 0.391 e. The zero-order valence-corrected chi connectivity index (χ0v) is 13.2. The van der Waals surface area contributed by atoms with Crippen molar-refractivity contribution in [3.63, 3.8) is 0 Å². The number of amides is 1. The maximum atomic E-state index is 12.6. The Balaban J connectivity index is 1.86. The summed E-state index contributed by atoms with van der Waals surface area (Å²) in [6.07, 6.45) is -2.19. The Kier molecular flexibility index (Phi) is 5.03. The summed E-state index contributed by atoms with van der Waals surface area (Å²) in [5, 5.41) is 0. The number of hydrogen-bond acceptors (Lipinski definition) is 1. The Morgan fingerprint density at radius 2 is 1.75 bits per heavy atom. The fourth-order valence-electron chi connectivity index (χ4n) is 3.15. The van der Waals surface area contributed by atoms with Gasteiger partial charge in [-0.2, -0.15) is 13.2 Å². The number of halogens is 4. The molecule has 2 fully saturated rings. The van der Waals surface area contributed by atoms with E-state index in [-0.39, 0.29) is 24.7 Å². The van der Waals surface area contributed by atoms with E-state index in [9.17, 15) is 18.0 Å². The molecule has 6 heteroatoms. The minimum atomic E-state index is -4.10. The van der Waals surface area contributed by atoms with Crippen LogP contribution in [0, 0.1) is 17.8 Å². The molecule has 1 saturated heterocycles. The molecule has 1 heterocycles. The summed E-state index contributed by atoms with van der Waals surface area (Å²) >= 11 is 3.58. The van der Waals surface area contributed by atoms with Gasteiger partial charge >= 0.3 is 6.18 Å². The van der Waals surface area contributed by atoms with Crippen molar-refractivity contribution in [3.8, 4) is 0 Å². The minimum absolute atomic E-state index is 0.0574. The van der Waals surface area contributed by atoms with Gasteiger partial charge in [-0.05, 0) is 38.0 Å². The molecule has 20 heavy (non-hydrogen) atoms. The van der Waals surface area contributed by atoms with Gasteiger partial charge in [-0.15, -0.1) is 0 Å². The van der Waals surface area contributed by atoms with Gasteiger partial charge in [0.15, 0.2) is 0 Å². The van der Waals surface area contributed by atoms with E-state index in [2.05, 4.69) is 22.9 Å². The first-order valence-corrected chi connectivity index (χ1v) is 8.20. The predicted molar refractivity (Wildman–Crippen MR) is 74.6 cm³/mol. The molecule has 0 radical (unpaired) electrons. The van der Waals surface area contributed by atoms with Crippen LogP contribution in [0.4, 0.5) is 13.2 Å². The van der Waals surface area contributed by atoms with Crippen molar-refractivity contribution in [2.75, 3.05) is 13.1 Å². The molecule has 0 N–H and O–H groups in total. The van der Waals surface area contributed by atoms with Gasteiger partial charge in [0.1, 0.15) is 0 Å². The highest BCUT2D eigenvalue weighted by molar-refractivity contribution is 9.09. The van der Waals surface area contributed by atoms with Crippen LogP contribution in [-0.4, -0.2) is 34.9 Å². The van der Waals surface area contributed by atoms with Crippen molar-refractivity contribution in [1.29, 1.82) is 0 Å². The van der Waals surface area contributed by atoms with Crippen molar-refractivity contribution in [2.24, 2.45) is 17.8 Å². The second-order valence-electron chi connectivity index (χ2n) is 6.16. The molecule has 0 spiro atoms. The number of piperidine rings is 1. The lowest BCUT2D eigenvalue weighted by atomic mass is 9.80. The first-order valence-electron chi connectivity index (χ1n) is 7.28. The molecule has 0 bridgehead atoms. The average Bonchev–Trinajstić information content (AvgIpc) is 2.40. The molecule has 116 valence electrons. The van der Waals surface area contributed by atoms with Gasteiger partial charge in [0.25, 0.3) is 0 Å². The second kappa shape index (κ2) is 6.24. The maximum absolute atomic E-state index is 12.6. The Morgan fingerprint density at radius 1 is 1.15 bits per heavy atom. The summed E-state index contributed by atoms with van der Waals surface area (Å²) in [4.78, 5) is 14.5. The van der Waals surface area contributed by atoms with E-state index in [4.69, 9.17) is 0 Å². The monoisotopic (exact) mass is 355 g/mol. The largest absolute Gasteiger partial charge is 0.391 e. The first-order chi connectivity index (χ1) is 9.29. The van der Waals surface area contributed by atoms with E-state index in [1.165, 1.54) is 0 Å². The standard InChI is InChI=1S/C14H21BrF3NO/c1-9-6-7-19(8-12(9)15)13(20)10-2-4-11(5-3-10)14(16,17)18/h9-12H,2-8H2,1H3. The summed E-state index contributed by atoms with van der Waals surface area (Å²) in [5.74, 6) is -0.819. The lowest BCUT2D eigenvalue weighted by Crippen LogP contribution is -2.47. The molecule has 2 rings (SSSR count). The van der Waals surface area contributed by atoms with Crippen LogP contribution in [-0.2, 0) is 4.79 Å². The third kappa shape index (κ3) is 3.68. The molecule has 1 saturated carbocycles. The lowest BCUT2D eigenvalue weighted by Gasteiger charge is -2.38. The Morgan fingerprint density at radius 3 is 2.25 bits per heavy atom. The zero-order chi connectivity index (χ0) is 14.9. The number of alkyl halides is 4. The minimum Gasteiger partial charge on any atom is -0.341 e. The van der Waals surface area contributed by atoms with Gasteiger partial charge < -0.3 is 4.90 Å². The molecular weight excluding hydrogens is 335 g/mol. The number of carbonyl (C=O) groups is 1. The highest BCUT2D eigenvalue weighted by atomic mass is 79.9. The van der Waals surface area contributed by atoms with Gasteiger partial charge in [0, 0.05) is 23.8 Å². The van der Waals surface area contributed by atoms with Gasteiger partial charge in [-0.3, -0.25) is 4.79 Å². The van der Waals surface area contributed by atoms with Crippen LogP contribution >= 0.6 is 15.9 Å². The van der Waals surface area contributed by atoms with Gasteiger partial charge in [0.05, 0.1) is 5.92 Å². The van der Waals surface area contributed by atoms with Crippen LogP contribution in [0.3, 0.4) is 0 Å². The van der Waals surface area contributed by atoms with Crippen LogP contribution in [0.1, 0.15) is 39.0 Å². The van der Waals surface area contributed by atoms with E-state index in [1.54, 1.807) is 0 Å². The number of rotatable bonds is 1. The van der Waals surface area contributed by atoms with Crippen molar-refractivity contribution < 1.29 is 18.0 Å². The number of carbonyl (C=O) groups excluding carboxylic acids is 1. The molecule has 0 aromatic carbocycles. The van der Waals surface area contributed by atoms with Crippen LogP contribution in [0.2, 0.25) is 0 Å². The van der Waals surface area contributed by atoms with Crippen molar-refractivity contribution in [2.45, 2.75) is 50.0 Å². The quantitative estimate of drug-likeness (QED) is 0.651. The van der Waals surface area contributed by atoms with Crippen LogP contribution < -0.4 is 0 Å². The molecular formula is C14H21BrF3NO. The summed E-state index contributed by atoms with van der Waals surface area (Å²) in [5.41, 5.74) is 0. The van der Waals surface area contributed by atoms with Gasteiger partial charge in [-0.25, -0.2) is 0 Å². The lowest BCUT2D eigenvalue weighted by molar-refractivity contribution is -0.185. The molecule has 1 amide bonds. The van der Waals surface area contributed by atoms with Gasteiger partial charge in [0.2, 0.25) is 5.91 Å². The summed E-state index contributed by atoms with van der Waals surface area (Å²) in [6, 6.07) is 0. The molecule has 2 aliphatic rings. The summed E-state index contributed by atoms with van der Waals surface area (Å²) < 4.78 is 37.9. The normalized spacial score (nSPS) is 36.0. The zero-order valence-electron chi connectivity index (χ0n) is 11.6. The molecule has 2 nitrogen and oxygen atoms in total. The van der Waals surface area contributed by atoms with E-state index >= 15 is 0 Å². The molecule has 0 aromatic rings. The van der Waals surface area contributed by atoms with Crippen molar-refractivity contribution in [1.82, 2.24) is 4.90 Å². The highest BCUT2D eigenvalue weighted by Crippen LogP contribution is 2.40. The molecule has 0 aromatic heterocycles. The Hall–Kier alpha value is -0.260. The summed E-state index contributed by atoms with van der Waals surface area (Å²) in [6.45, 7) is 3.57. The third-order valence-corrected chi connectivity index (χ3v) is 5.91. The number of nitrogens with zero attached hydrogens (tertiary/aromatic N) is 1. The molecule has 1 aliphatic carbocycles. The predicted octanol–water partition coefficient (Wildman–Crippen LogP) is 3.99. The number of hydrogen-bond donors (Lipinski definition) is 0. The van der Waals surface area contributed by atoms with Crippen molar-refractivity contribution >= 4 is 21.8 Å². The number of likely N-dealkylation sites (tertiary alicyclic amines) is 1. The van der Waals surface area contributed by atoms with E-state index in [1.807, 2.05) is 4.90 Å². The van der Waals surface area contributed by atoms with Crippen LogP contribution in [0.15, 0.2) is 0 Å². The van der Waals surface area contributed by atoms with E-state index < -0.39 is 12.1 Å². The molecule has 2 unspecified atom stereocenters. The first kappa shape index (κ1) is 16.1. The van der Waals surface area contributed by atoms with Crippen molar-refractivity contribution in [3.05, 3.63) is 0 Å².